The number of nitrogens with one attached hydrogen (secondary N) is 1. The van der Waals surface area contributed by atoms with Crippen LogP contribution in [0.4, 0.5) is 0 Å². The molecule has 2 heteroatoms. The molecule has 0 aliphatic heterocycles. The van der Waals surface area contributed by atoms with Gasteiger partial charge in [0.2, 0.25) is 0 Å². The molecule has 2 nitrogen and oxygen atoms in total. The maximum absolute atomic E-state index is 3.75. The number of nitrogens with zero attached hydrogens (tertiary/aromatic N) is 1. The van der Waals surface area contributed by atoms with Gasteiger partial charge in [-0.05, 0) is 51.3 Å². The normalized spacial score (nSPS) is 23.9. The van der Waals surface area contributed by atoms with Crippen LogP contribution in [0, 0.1) is 12.8 Å². The summed E-state index contributed by atoms with van der Waals surface area (Å²) in [5.41, 5.74) is 2.91. The van der Waals surface area contributed by atoms with Gasteiger partial charge in [0.1, 0.15) is 0 Å². The number of hydrogen-bond acceptors (Lipinski definition) is 2. The molecular formula is C18H30N2. The molecule has 1 aliphatic rings. The molecule has 1 atom stereocenters. The van der Waals surface area contributed by atoms with Crippen LogP contribution in [0.25, 0.3) is 0 Å². The van der Waals surface area contributed by atoms with Crippen LogP contribution in [0.5, 0.6) is 0 Å². The molecule has 0 saturated heterocycles. The van der Waals surface area contributed by atoms with E-state index < -0.39 is 0 Å². The van der Waals surface area contributed by atoms with E-state index in [4.69, 9.17) is 0 Å². The lowest BCUT2D eigenvalue weighted by Crippen LogP contribution is -2.48. The first-order valence-electron chi connectivity index (χ1n) is 7.93. The highest BCUT2D eigenvalue weighted by atomic mass is 15.1. The average molecular weight is 274 g/mol. The third-order valence-corrected chi connectivity index (χ3v) is 4.70. The Hall–Kier alpha value is -0.860. The first kappa shape index (κ1) is 15.5. The van der Waals surface area contributed by atoms with Gasteiger partial charge in [-0.25, -0.2) is 0 Å². The van der Waals surface area contributed by atoms with Crippen molar-refractivity contribution in [1.82, 2.24) is 10.2 Å². The molecule has 0 aromatic heterocycles. The fourth-order valence-electron chi connectivity index (χ4n) is 3.28. The minimum Gasteiger partial charge on any atom is -0.312 e. The molecule has 1 aliphatic carbocycles. The SMILES string of the molecule is Cc1cccc(C2CC(NCC(C(C)C)N(C)C)C2)c1. The fourth-order valence-corrected chi connectivity index (χ4v) is 3.28. The summed E-state index contributed by atoms with van der Waals surface area (Å²) in [6.07, 6.45) is 2.59. The molecule has 20 heavy (non-hydrogen) atoms. The molecule has 1 N–H and O–H groups in total. The van der Waals surface area contributed by atoms with Gasteiger partial charge in [0, 0.05) is 18.6 Å². The van der Waals surface area contributed by atoms with Gasteiger partial charge in [-0.15, -0.1) is 0 Å². The number of aryl methyl sites for hydroxylation is 1. The Morgan fingerprint density at radius 1 is 1.25 bits per heavy atom. The van der Waals surface area contributed by atoms with E-state index in [-0.39, 0.29) is 0 Å². The van der Waals surface area contributed by atoms with Crippen LogP contribution >= 0.6 is 0 Å². The summed E-state index contributed by atoms with van der Waals surface area (Å²) in [5.74, 6) is 1.47. The molecule has 0 bridgehead atoms. The number of benzene rings is 1. The number of likely N-dealkylation sites (N-methyl/N-ethyl adjacent to an activating group) is 1. The van der Waals surface area contributed by atoms with Crippen molar-refractivity contribution in [1.29, 1.82) is 0 Å². The Kier molecular flexibility index (Phi) is 5.22. The Labute approximate surface area is 124 Å². The molecule has 1 fully saturated rings. The van der Waals surface area contributed by atoms with Gasteiger partial charge in [-0.3, -0.25) is 0 Å². The summed E-state index contributed by atoms with van der Waals surface area (Å²) >= 11 is 0. The Bertz CT molecular complexity index is 411. The molecule has 0 radical (unpaired) electrons. The summed E-state index contributed by atoms with van der Waals surface area (Å²) < 4.78 is 0. The Balaban J connectivity index is 1.77. The van der Waals surface area contributed by atoms with Crippen LogP contribution in [-0.4, -0.2) is 37.6 Å². The quantitative estimate of drug-likeness (QED) is 0.855. The van der Waals surface area contributed by atoms with E-state index in [9.17, 15) is 0 Å². The topological polar surface area (TPSA) is 15.3 Å². The summed E-state index contributed by atoms with van der Waals surface area (Å²) in [6.45, 7) is 7.91. The van der Waals surface area contributed by atoms with E-state index in [1.165, 1.54) is 24.0 Å². The minimum atomic E-state index is 0.632. The molecule has 112 valence electrons. The Morgan fingerprint density at radius 2 is 1.95 bits per heavy atom. The van der Waals surface area contributed by atoms with Gasteiger partial charge in [-0.2, -0.15) is 0 Å². The summed E-state index contributed by atoms with van der Waals surface area (Å²) in [6, 6.07) is 10.3. The van der Waals surface area contributed by atoms with E-state index in [2.05, 4.69) is 69.3 Å². The zero-order valence-corrected chi connectivity index (χ0v) is 13.7. The van der Waals surface area contributed by atoms with Gasteiger partial charge in [0.05, 0.1) is 0 Å². The monoisotopic (exact) mass is 274 g/mol. The van der Waals surface area contributed by atoms with Gasteiger partial charge < -0.3 is 10.2 Å². The zero-order chi connectivity index (χ0) is 14.7. The molecule has 1 aromatic rings. The van der Waals surface area contributed by atoms with Crippen LogP contribution in [0.15, 0.2) is 24.3 Å². The maximum atomic E-state index is 3.75. The molecule has 1 saturated carbocycles. The van der Waals surface area contributed by atoms with Crippen LogP contribution < -0.4 is 5.32 Å². The van der Waals surface area contributed by atoms with Crippen molar-refractivity contribution in [3.8, 4) is 0 Å². The largest absolute Gasteiger partial charge is 0.312 e. The van der Waals surface area contributed by atoms with Crippen molar-refractivity contribution in [2.45, 2.75) is 51.6 Å². The first-order valence-corrected chi connectivity index (χ1v) is 7.93. The van der Waals surface area contributed by atoms with E-state index in [1.54, 1.807) is 0 Å². The van der Waals surface area contributed by atoms with Crippen molar-refractivity contribution in [2.24, 2.45) is 5.92 Å². The summed E-state index contributed by atoms with van der Waals surface area (Å²) in [4.78, 5) is 2.34. The lowest BCUT2D eigenvalue weighted by atomic mass is 9.75. The van der Waals surface area contributed by atoms with Crippen LogP contribution in [-0.2, 0) is 0 Å². The van der Waals surface area contributed by atoms with Crippen molar-refractivity contribution < 1.29 is 0 Å². The van der Waals surface area contributed by atoms with Gasteiger partial charge >= 0.3 is 0 Å². The van der Waals surface area contributed by atoms with E-state index in [0.717, 1.165) is 12.5 Å². The van der Waals surface area contributed by atoms with Crippen molar-refractivity contribution in [3.05, 3.63) is 35.4 Å². The second-order valence-electron chi connectivity index (χ2n) is 6.96. The molecule has 0 amide bonds. The van der Waals surface area contributed by atoms with Crippen LogP contribution in [0.3, 0.4) is 0 Å². The van der Waals surface area contributed by atoms with Crippen molar-refractivity contribution in [3.63, 3.8) is 0 Å². The molecule has 0 spiro atoms. The predicted octanol–water partition coefficient (Wildman–Crippen LogP) is 3.42. The van der Waals surface area contributed by atoms with Crippen molar-refractivity contribution in [2.75, 3.05) is 20.6 Å². The minimum absolute atomic E-state index is 0.632. The van der Waals surface area contributed by atoms with Crippen LogP contribution in [0.2, 0.25) is 0 Å². The summed E-state index contributed by atoms with van der Waals surface area (Å²) in [7, 11) is 4.37. The van der Waals surface area contributed by atoms with Crippen LogP contribution in [0.1, 0.15) is 43.7 Å². The standard InChI is InChI=1S/C18H30N2/c1-13(2)18(20(4)5)12-19-17-10-16(11-17)15-8-6-7-14(3)9-15/h6-9,13,16-19H,10-12H2,1-5H3. The second-order valence-corrected chi connectivity index (χ2v) is 6.96. The van der Waals surface area contributed by atoms with Gasteiger partial charge in [-0.1, -0.05) is 43.7 Å². The maximum Gasteiger partial charge on any atom is 0.0237 e. The lowest BCUT2D eigenvalue weighted by Gasteiger charge is -2.39. The van der Waals surface area contributed by atoms with Gasteiger partial charge in [0.15, 0.2) is 0 Å². The highest BCUT2D eigenvalue weighted by molar-refractivity contribution is 5.27. The first-order chi connectivity index (χ1) is 9.47. The molecule has 2 rings (SSSR count). The van der Waals surface area contributed by atoms with E-state index >= 15 is 0 Å². The van der Waals surface area contributed by atoms with E-state index in [1.807, 2.05) is 0 Å². The highest BCUT2D eigenvalue weighted by Crippen LogP contribution is 2.37. The zero-order valence-electron chi connectivity index (χ0n) is 13.7. The third kappa shape index (κ3) is 3.83. The molecule has 1 aromatic carbocycles. The third-order valence-electron chi connectivity index (χ3n) is 4.70. The molecular weight excluding hydrogens is 244 g/mol. The number of rotatable bonds is 6. The smallest absolute Gasteiger partial charge is 0.0237 e. The second kappa shape index (κ2) is 6.73. The van der Waals surface area contributed by atoms with Gasteiger partial charge in [0.25, 0.3) is 0 Å². The van der Waals surface area contributed by atoms with Crippen molar-refractivity contribution >= 4 is 0 Å². The summed E-state index contributed by atoms with van der Waals surface area (Å²) in [5, 5.41) is 3.75. The van der Waals surface area contributed by atoms with E-state index in [0.29, 0.717) is 18.0 Å². The highest BCUT2D eigenvalue weighted by Gasteiger charge is 2.30. The average Bonchev–Trinajstić information content (AvgIpc) is 2.30. The lowest BCUT2D eigenvalue weighted by molar-refractivity contribution is 0.198. The predicted molar refractivity (Wildman–Crippen MR) is 87.3 cm³/mol. The molecule has 1 unspecified atom stereocenters. The fraction of sp³-hybridized carbons (Fsp3) is 0.667. The molecule has 0 heterocycles. The number of hydrogen-bond donors (Lipinski definition) is 1. The Morgan fingerprint density at radius 3 is 2.50 bits per heavy atom.